The molecule has 1 saturated heterocycles. The highest BCUT2D eigenvalue weighted by atomic mass is 16.5. The lowest BCUT2D eigenvalue weighted by Gasteiger charge is -2.19. The van der Waals surface area contributed by atoms with Gasteiger partial charge in [-0.15, -0.1) is 0 Å². The minimum absolute atomic E-state index is 0.547. The summed E-state index contributed by atoms with van der Waals surface area (Å²) >= 11 is 0. The van der Waals surface area contributed by atoms with Crippen molar-refractivity contribution >= 4 is 0 Å². The normalized spacial score (nSPS) is 21.0. The maximum Gasteiger partial charge on any atom is 0.127 e. The molecule has 24 heavy (non-hydrogen) atoms. The van der Waals surface area contributed by atoms with Gasteiger partial charge in [-0.1, -0.05) is 12.1 Å². The number of likely N-dealkylation sites (N-methyl/N-ethyl adjacent to an activating group) is 1. The van der Waals surface area contributed by atoms with Crippen LogP contribution in [0.4, 0.5) is 0 Å². The number of rotatable bonds is 6. The second-order valence-corrected chi connectivity index (χ2v) is 7.00. The van der Waals surface area contributed by atoms with Crippen LogP contribution in [0, 0.1) is 0 Å². The molecule has 2 fully saturated rings. The van der Waals surface area contributed by atoms with E-state index in [4.69, 9.17) is 9.47 Å². The van der Waals surface area contributed by atoms with E-state index in [1.807, 2.05) is 24.3 Å². The first-order valence-corrected chi connectivity index (χ1v) is 8.99. The van der Waals surface area contributed by atoms with Gasteiger partial charge in [0.25, 0.3) is 0 Å². The van der Waals surface area contributed by atoms with E-state index in [-0.39, 0.29) is 0 Å². The molecule has 4 rings (SSSR count). The number of benzene rings is 2. The quantitative estimate of drug-likeness (QED) is 0.760. The summed E-state index contributed by atoms with van der Waals surface area (Å²) in [5.74, 6) is 3.43. The largest absolute Gasteiger partial charge is 0.492 e. The van der Waals surface area contributed by atoms with E-state index in [1.54, 1.807) is 0 Å². The van der Waals surface area contributed by atoms with Gasteiger partial charge in [0.1, 0.15) is 23.9 Å². The maximum atomic E-state index is 5.92. The van der Waals surface area contributed by atoms with Gasteiger partial charge >= 0.3 is 0 Å². The molecule has 0 aromatic heterocycles. The van der Waals surface area contributed by atoms with Crippen LogP contribution >= 0.6 is 0 Å². The van der Waals surface area contributed by atoms with Crippen LogP contribution < -0.4 is 9.47 Å². The molecular formula is C21H25NO2. The third-order valence-corrected chi connectivity index (χ3v) is 5.10. The topological polar surface area (TPSA) is 21.7 Å². The molecule has 0 bridgehead atoms. The monoisotopic (exact) mass is 323 g/mol. The second kappa shape index (κ2) is 6.86. The van der Waals surface area contributed by atoms with Crippen LogP contribution in [0.25, 0.3) is 0 Å². The molecule has 1 atom stereocenters. The summed E-state index contributed by atoms with van der Waals surface area (Å²) < 4.78 is 11.8. The molecule has 1 aliphatic heterocycles. The molecule has 1 heterocycles. The first-order chi connectivity index (χ1) is 11.8. The molecule has 126 valence electrons. The summed E-state index contributed by atoms with van der Waals surface area (Å²) in [5.41, 5.74) is 1.43. The van der Waals surface area contributed by atoms with E-state index in [1.165, 1.54) is 37.8 Å². The van der Waals surface area contributed by atoms with Gasteiger partial charge in [-0.2, -0.15) is 0 Å². The summed E-state index contributed by atoms with van der Waals surface area (Å²) in [5, 5.41) is 0. The predicted molar refractivity (Wildman–Crippen MR) is 96.1 cm³/mol. The SMILES string of the molecule is CN1CCC[C@@H]1COc1ccc(Oc2ccc(C3CC3)cc2)cc1. The molecule has 1 aliphatic carbocycles. The molecule has 0 spiro atoms. The van der Waals surface area contributed by atoms with Crippen LogP contribution in [0.3, 0.4) is 0 Å². The summed E-state index contributed by atoms with van der Waals surface area (Å²) in [6.45, 7) is 1.94. The molecule has 2 aromatic rings. The summed E-state index contributed by atoms with van der Waals surface area (Å²) in [6, 6.07) is 17.0. The molecule has 3 nitrogen and oxygen atoms in total. The zero-order valence-corrected chi connectivity index (χ0v) is 14.3. The Morgan fingerprint density at radius 1 is 0.875 bits per heavy atom. The Bertz CT molecular complexity index is 661. The standard InChI is InChI=1S/C21H25NO2/c1-22-14-2-3-18(22)15-23-19-10-12-21(13-11-19)24-20-8-6-17(7-9-20)16-4-5-16/h6-13,16,18H,2-5,14-15H2,1H3/t18-/m1/s1. The number of likely N-dealkylation sites (tertiary alicyclic amines) is 1. The van der Waals surface area contributed by atoms with Crippen molar-refractivity contribution in [1.29, 1.82) is 0 Å². The Hall–Kier alpha value is -2.00. The minimum Gasteiger partial charge on any atom is -0.492 e. The third-order valence-electron chi connectivity index (χ3n) is 5.10. The number of ether oxygens (including phenoxy) is 2. The summed E-state index contributed by atoms with van der Waals surface area (Å²) in [4.78, 5) is 2.38. The van der Waals surface area contributed by atoms with Crippen LogP contribution in [0.2, 0.25) is 0 Å². The Balaban J connectivity index is 1.31. The van der Waals surface area contributed by atoms with E-state index in [9.17, 15) is 0 Å². The lowest BCUT2D eigenvalue weighted by molar-refractivity contribution is 0.198. The van der Waals surface area contributed by atoms with Gasteiger partial charge in [-0.05, 0) is 87.2 Å². The first-order valence-electron chi connectivity index (χ1n) is 8.99. The predicted octanol–water partition coefficient (Wildman–Crippen LogP) is 4.83. The molecule has 0 unspecified atom stereocenters. The zero-order valence-electron chi connectivity index (χ0n) is 14.3. The fourth-order valence-electron chi connectivity index (χ4n) is 3.35. The van der Waals surface area contributed by atoms with Gasteiger partial charge < -0.3 is 14.4 Å². The minimum atomic E-state index is 0.547. The highest BCUT2D eigenvalue weighted by Crippen LogP contribution is 2.40. The Morgan fingerprint density at radius 3 is 2.08 bits per heavy atom. The van der Waals surface area contributed by atoms with E-state index in [0.29, 0.717) is 6.04 Å². The van der Waals surface area contributed by atoms with Crippen LogP contribution in [0.1, 0.15) is 37.2 Å². The number of nitrogens with zero attached hydrogens (tertiary/aromatic N) is 1. The van der Waals surface area contributed by atoms with Crippen LogP contribution in [-0.2, 0) is 0 Å². The smallest absolute Gasteiger partial charge is 0.127 e. The molecule has 3 heteroatoms. The van der Waals surface area contributed by atoms with E-state index < -0.39 is 0 Å². The average molecular weight is 323 g/mol. The molecule has 2 aliphatic rings. The van der Waals surface area contributed by atoms with Crippen molar-refractivity contribution in [2.45, 2.75) is 37.6 Å². The Labute approximate surface area is 144 Å². The maximum absolute atomic E-state index is 5.92. The van der Waals surface area contributed by atoms with Gasteiger partial charge in [-0.25, -0.2) is 0 Å². The Morgan fingerprint density at radius 2 is 1.50 bits per heavy atom. The van der Waals surface area contributed by atoms with Crippen molar-refractivity contribution < 1.29 is 9.47 Å². The molecule has 0 radical (unpaired) electrons. The van der Waals surface area contributed by atoms with Gasteiger partial charge in [0.05, 0.1) is 0 Å². The van der Waals surface area contributed by atoms with Crippen molar-refractivity contribution in [1.82, 2.24) is 4.90 Å². The van der Waals surface area contributed by atoms with Gasteiger partial charge in [-0.3, -0.25) is 0 Å². The van der Waals surface area contributed by atoms with Gasteiger partial charge in [0, 0.05) is 6.04 Å². The fraction of sp³-hybridized carbons (Fsp3) is 0.429. The number of hydrogen-bond donors (Lipinski definition) is 0. The zero-order chi connectivity index (χ0) is 16.4. The summed E-state index contributed by atoms with van der Waals surface area (Å²) in [6.07, 6.45) is 5.17. The molecule has 0 amide bonds. The van der Waals surface area contributed by atoms with Crippen LogP contribution in [0.5, 0.6) is 17.2 Å². The molecular weight excluding hydrogens is 298 g/mol. The van der Waals surface area contributed by atoms with E-state index in [2.05, 4.69) is 36.2 Å². The average Bonchev–Trinajstić information content (AvgIpc) is 3.38. The lowest BCUT2D eigenvalue weighted by atomic mass is 10.1. The van der Waals surface area contributed by atoms with E-state index >= 15 is 0 Å². The van der Waals surface area contributed by atoms with E-state index in [0.717, 1.165) is 29.8 Å². The lowest BCUT2D eigenvalue weighted by Crippen LogP contribution is -2.30. The second-order valence-electron chi connectivity index (χ2n) is 7.00. The van der Waals surface area contributed by atoms with Gasteiger partial charge in [0.15, 0.2) is 0 Å². The van der Waals surface area contributed by atoms with Crippen LogP contribution in [-0.4, -0.2) is 31.1 Å². The molecule has 0 N–H and O–H groups in total. The van der Waals surface area contributed by atoms with Crippen molar-refractivity contribution in [2.24, 2.45) is 0 Å². The van der Waals surface area contributed by atoms with Crippen molar-refractivity contribution in [3.05, 3.63) is 54.1 Å². The van der Waals surface area contributed by atoms with Crippen molar-refractivity contribution in [2.75, 3.05) is 20.2 Å². The molecule has 2 aromatic carbocycles. The first kappa shape index (κ1) is 15.5. The van der Waals surface area contributed by atoms with Gasteiger partial charge in [0.2, 0.25) is 0 Å². The third kappa shape index (κ3) is 3.73. The Kier molecular flexibility index (Phi) is 4.44. The molecule has 1 saturated carbocycles. The number of hydrogen-bond acceptors (Lipinski definition) is 3. The van der Waals surface area contributed by atoms with Crippen LogP contribution in [0.15, 0.2) is 48.5 Å². The fourth-order valence-corrected chi connectivity index (χ4v) is 3.35. The van der Waals surface area contributed by atoms with Crippen molar-refractivity contribution in [3.63, 3.8) is 0 Å². The highest BCUT2D eigenvalue weighted by molar-refractivity contribution is 5.37. The van der Waals surface area contributed by atoms with Crippen molar-refractivity contribution in [3.8, 4) is 17.2 Å². The highest BCUT2D eigenvalue weighted by Gasteiger charge is 2.23. The summed E-state index contributed by atoms with van der Waals surface area (Å²) in [7, 11) is 2.17.